The number of rotatable bonds is 2. The lowest BCUT2D eigenvalue weighted by atomic mass is 9.90. The van der Waals surface area contributed by atoms with Crippen molar-refractivity contribution < 1.29 is 4.74 Å². The molecule has 5 heteroatoms. The molecule has 1 saturated carbocycles. The Bertz CT molecular complexity index is 562. The maximum absolute atomic E-state index is 6.07. The number of ether oxygens (including phenoxy) is 1. The second kappa shape index (κ2) is 5.52. The zero-order valence-corrected chi connectivity index (χ0v) is 12.4. The third-order valence-electron chi connectivity index (χ3n) is 3.92. The van der Waals surface area contributed by atoms with E-state index in [-0.39, 0.29) is 0 Å². The van der Waals surface area contributed by atoms with Gasteiger partial charge in [-0.1, -0.05) is 24.1 Å². The third kappa shape index (κ3) is 2.57. The lowest BCUT2D eigenvalue weighted by molar-refractivity contribution is 0.271. The second-order valence-electron chi connectivity index (χ2n) is 5.35. The van der Waals surface area contributed by atoms with E-state index >= 15 is 0 Å². The monoisotopic (exact) mass is 291 g/mol. The van der Waals surface area contributed by atoms with Crippen molar-refractivity contribution >= 4 is 17.5 Å². The molecule has 0 atom stereocenters. The minimum Gasteiger partial charge on any atom is -0.473 e. The lowest BCUT2D eigenvalue weighted by Gasteiger charge is -2.28. The minimum absolute atomic E-state index is 0.438. The minimum atomic E-state index is -0.438. The van der Waals surface area contributed by atoms with Crippen molar-refractivity contribution in [3.8, 4) is 0 Å². The van der Waals surface area contributed by atoms with Gasteiger partial charge in [0.15, 0.2) is 5.66 Å². The molecule has 20 heavy (non-hydrogen) atoms. The van der Waals surface area contributed by atoms with Crippen LogP contribution in [0.2, 0.25) is 5.02 Å². The maximum Gasteiger partial charge on any atom is 0.219 e. The van der Waals surface area contributed by atoms with Gasteiger partial charge in [0.05, 0.1) is 0 Å². The average Bonchev–Trinajstić information content (AvgIpc) is 2.82. The number of fused-ring (bicyclic) bond motifs is 1. The van der Waals surface area contributed by atoms with Crippen LogP contribution in [0.15, 0.2) is 33.4 Å². The highest BCUT2D eigenvalue weighted by Gasteiger charge is 2.34. The first-order valence-corrected chi connectivity index (χ1v) is 7.43. The summed E-state index contributed by atoms with van der Waals surface area (Å²) < 4.78 is 5.74. The standard InChI is InChI=1S/C15H18ClN3O/c1-17-19-15(7-3-2-4-8-15)18-14-13-9-12(16)6-5-11(13)10-20-14/h5-6,9H,2-4,7-8,10H2,1H3/b18-14-,19-17?. The molecule has 4 nitrogen and oxygen atoms in total. The average molecular weight is 292 g/mol. The van der Waals surface area contributed by atoms with Crippen LogP contribution in [0.3, 0.4) is 0 Å². The Morgan fingerprint density at radius 1 is 1.20 bits per heavy atom. The van der Waals surface area contributed by atoms with E-state index in [9.17, 15) is 0 Å². The molecule has 0 N–H and O–H groups in total. The highest BCUT2D eigenvalue weighted by molar-refractivity contribution is 6.31. The predicted molar refractivity (Wildman–Crippen MR) is 79.4 cm³/mol. The van der Waals surface area contributed by atoms with E-state index in [2.05, 4.69) is 10.2 Å². The van der Waals surface area contributed by atoms with Crippen molar-refractivity contribution in [2.45, 2.75) is 44.4 Å². The first-order valence-electron chi connectivity index (χ1n) is 7.05. The Morgan fingerprint density at radius 2 is 2.00 bits per heavy atom. The molecule has 1 heterocycles. The summed E-state index contributed by atoms with van der Waals surface area (Å²) in [4.78, 5) is 4.81. The first-order chi connectivity index (χ1) is 9.72. The van der Waals surface area contributed by atoms with Crippen molar-refractivity contribution in [3.63, 3.8) is 0 Å². The van der Waals surface area contributed by atoms with Crippen molar-refractivity contribution in [1.82, 2.24) is 0 Å². The topological polar surface area (TPSA) is 46.3 Å². The Hall–Kier alpha value is -1.42. The number of aliphatic imine (C=N–C) groups is 1. The van der Waals surface area contributed by atoms with Gasteiger partial charge in [0.25, 0.3) is 0 Å². The van der Waals surface area contributed by atoms with Crippen LogP contribution in [0, 0.1) is 0 Å². The molecule has 2 aliphatic rings. The highest BCUT2D eigenvalue weighted by atomic mass is 35.5. The molecule has 0 unspecified atom stereocenters. The van der Waals surface area contributed by atoms with Crippen molar-refractivity contribution in [3.05, 3.63) is 34.3 Å². The molecule has 1 aliphatic carbocycles. The fraction of sp³-hybridized carbons (Fsp3) is 0.533. The van der Waals surface area contributed by atoms with Gasteiger partial charge in [-0.15, -0.1) is 0 Å². The summed E-state index contributed by atoms with van der Waals surface area (Å²) in [7, 11) is 1.71. The third-order valence-corrected chi connectivity index (χ3v) is 4.15. The highest BCUT2D eigenvalue weighted by Crippen LogP contribution is 2.35. The summed E-state index contributed by atoms with van der Waals surface area (Å²) >= 11 is 6.07. The van der Waals surface area contributed by atoms with E-state index in [1.807, 2.05) is 18.2 Å². The van der Waals surface area contributed by atoms with Crippen LogP contribution in [0.25, 0.3) is 0 Å². The largest absolute Gasteiger partial charge is 0.473 e. The van der Waals surface area contributed by atoms with E-state index in [4.69, 9.17) is 21.3 Å². The Balaban J connectivity index is 1.98. The van der Waals surface area contributed by atoms with Crippen LogP contribution in [-0.2, 0) is 11.3 Å². The Labute approximate surface area is 123 Å². The van der Waals surface area contributed by atoms with E-state index in [1.54, 1.807) is 7.05 Å². The Kier molecular flexibility index (Phi) is 3.74. The molecule has 0 amide bonds. The van der Waals surface area contributed by atoms with Gasteiger partial charge in [-0.3, -0.25) is 0 Å². The summed E-state index contributed by atoms with van der Waals surface area (Å²) in [5.74, 6) is 0.664. The van der Waals surface area contributed by atoms with Crippen LogP contribution < -0.4 is 0 Å². The molecular formula is C15H18ClN3O. The molecule has 0 radical (unpaired) electrons. The number of nitrogens with zero attached hydrogens (tertiary/aromatic N) is 3. The zero-order chi connectivity index (χ0) is 14.0. The summed E-state index contributed by atoms with van der Waals surface area (Å²) in [5.41, 5.74) is 1.69. The fourth-order valence-corrected chi connectivity index (χ4v) is 3.09. The zero-order valence-electron chi connectivity index (χ0n) is 11.6. The van der Waals surface area contributed by atoms with E-state index < -0.39 is 5.66 Å². The van der Waals surface area contributed by atoms with Crippen molar-refractivity contribution in [2.24, 2.45) is 15.2 Å². The van der Waals surface area contributed by atoms with Gasteiger partial charge in [0.1, 0.15) is 6.61 Å². The molecule has 1 fully saturated rings. The maximum atomic E-state index is 6.07. The SMILES string of the molecule is CN=NC1(/N=C2\OCc3ccc(Cl)cc32)CCCCC1. The molecule has 0 saturated heterocycles. The quantitative estimate of drug-likeness (QED) is 0.747. The Morgan fingerprint density at radius 3 is 2.75 bits per heavy atom. The van der Waals surface area contributed by atoms with E-state index in [1.165, 1.54) is 6.42 Å². The number of halogens is 1. The van der Waals surface area contributed by atoms with E-state index in [0.717, 1.165) is 36.8 Å². The predicted octanol–water partition coefficient (Wildman–Crippen LogP) is 4.36. The van der Waals surface area contributed by atoms with Gasteiger partial charge in [0, 0.05) is 23.2 Å². The summed E-state index contributed by atoms with van der Waals surface area (Å²) in [6.07, 6.45) is 5.39. The van der Waals surface area contributed by atoms with Crippen LogP contribution in [0.4, 0.5) is 0 Å². The van der Waals surface area contributed by atoms with Gasteiger partial charge in [-0.05, 0) is 37.8 Å². The van der Waals surface area contributed by atoms with Crippen LogP contribution >= 0.6 is 11.6 Å². The smallest absolute Gasteiger partial charge is 0.219 e. The van der Waals surface area contributed by atoms with E-state index in [0.29, 0.717) is 17.5 Å². The molecule has 1 aromatic rings. The number of azo groups is 1. The fourth-order valence-electron chi connectivity index (χ4n) is 2.92. The molecule has 0 bridgehead atoms. The first kappa shape index (κ1) is 13.6. The van der Waals surface area contributed by atoms with Crippen molar-refractivity contribution in [1.29, 1.82) is 0 Å². The summed E-state index contributed by atoms with van der Waals surface area (Å²) in [6.45, 7) is 0.560. The van der Waals surface area contributed by atoms with Crippen LogP contribution in [0.1, 0.15) is 43.2 Å². The lowest BCUT2D eigenvalue weighted by Crippen LogP contribution is -2.28. The second-order valence-corrected chi connectivity index (χ2v) is 5.79. The molecule has 3 rings (SSSR count). The van der Waals surface area contributed by atoms with Crippen molar-refractivity contribution in [2.75, 3.05) is 7.05 Å². The van der Waals surface area contributed by atoms with Gasteiger partial charge in [-0.2, -0.15) is 10.2 Å². The van der Waals surface area contributed by atoms with Gasteiger partial charge >= 0.3 is 0 Å². The van der Waals surface area contributed by atoms with Gasteiger partial charge in [0.2, 0.25) is 5.90 Å². The van der Waals surface area contributed by atoms with Gasteiger partial charge in [-0.25, -0.2) is 4.99 Å². The van der Waals surface area contributed by atoms with Crippen LogP contribution in [-0.4, -0.2) is 18.6 Å². The van der Waals surface area contributed by atoms with Gasteiger partial charge < -0.3 is 4.74 Å². The molecule has 1 aromatic carbocycles. The molecule has 0 aromatic heterocycles. The molecule has 0 spiro atoms. The summed E-state index contributed by atoms with van der Waals surface area (Å²) in [5, 5.41) is 9.09. The number of hydrogen-bond donors (Lipinski definition) is 0. The molecular weight excluding hydrogens is 274 g/mol. The normalized spacial score (nSPS) is 23.0. The molecule has 1 aliphatic heterocycles. The number of hydrogen-bond acceptors (Lipinski definition) is 4. The molecule has 106 valence electrons. The van der Waals surface area contributed by atoms with Crippen LogP contribution in [0.5, 0.6) is 0 Å². The summed E-state index contributed by atoms with van der Waals surface area (Å²) in [6, 6.07) is 5.80. The number of benzene rings is 1.